The molecule has 0 radical (unpaired) electrons. The Bertz CT molecular complexity index is 583. The highest BCUT2D eigenvalue weighted by Gasteiger charge is 2.17. The van der Waals surface area contributed by atoms with Crippen molar-refractivity contribution in [3.05, 3.63) is 40.1 Å². The number of amides is 1. The van der Waals surface area contributed by atoms with Crippen LogP contribution < -0.4 is 0 Å². The topological polar surface area (TPSA) is 46.6 Å². The second-order valence-electron chi connectivity index (χ2n) is 5.05. The van der Waals surface area contributed by atoms with Crippen molar-refractivity contribution in [1.82, 2.24) is 4.90 Å². The zero-order valence-corrected chi connectivity index (χ0v) is 13.6. The first kappa shape index (κ1) is 16.7. The van der Waals surface area contributed by atoms with Gasteiger partial charge in [0.05, 0.1) is 0 Å². The van der Waals surface area contributed by atoms with Gasteiger partial charge in [0.25, 0.3) is 5.91 Å². The molecule has 118 valence electrons. The molecular formula is C16H17BrFNO3. The molecule has 0 aliphatic carbocycles. The van der Waals surface area contributed by atoms with E-state index in [2.05, 4.69) is 15.9 Å². The van der Waals surface area contributed by atoms with Crippen LogP contribution in [0.1, 0.15) is 24.8 Å². The Morgan fingerprint density at radius 2 is 2.00 bits per heavy atom. The van der Waals surface area contributed by atoms with Crippen LogP contribution in [-0.4, -0.2) is 36.5 Å². The number of rotatable bonds is 4. The van der Waals surface area contributed by atoms with Crippen molar-refractivity contribution in [2.45, 2.75) is 19.3 Å². The maximum atomic E-state index is 13.5. The maximum Gasteiger partial charge on any atom is 0.331 e. The molecule has 1 aliphatic rings. The first-order valence-electron chi connectivity index (χ1n) is 7.14. The first-order chi connectivity index (χ1) is 10.6. The van der Waals surface area contributed by atoms with Gasteiger partial charge in [0.15, 0.2) is 6.61 Å². The minimum atomic E-state index is -0.662. The van der Waals surface area contributed by atoms with E-state index in [0.717, 1.165) is 38.4 Å². The summed E-state index contributed by atoms with van der Waals surface area (Å²) in [4.78, 5) is 25.1. The van der Waals surface area contributed by atoms with E-state index < -0.39 is 11.8 Å². The number of halogens is 2. The molecule has 0 N–H and O–H groups in total. The van der Waals surface area contributed by atoms with Crippen LogP contribution in [0.3, 0.4) is 0 Å². The zero-order chi connectivity index (χ0) is 15.9. The molecule has 0 unspecified atom stereocenters. The summed E-state index contributed by atoms with van der Waals surface area (Å²) in [5.41, 5.74) is 0.272. The Hall–Kier alpha value is -1.69. The molecule has 0 spiro atoms. The monoisotopic (exact) mass is 369 g/mol. The largest absolute Gasteiger partial charge is 0.452 e. The highest BCUT2D eigenvalue weighted by atomic mass is 79.9. The van der Waals surface area contributed by atoms with E-state index in [-0.39, 0.29) is 18.1 Å². The van der Waals surface area contributed by atoms with Crippen molar-refractivity contribution in [2.75, 3.05) is 19.7 Å². The lowest BCUT2D eigenvalue weighted by Gasteiger charge is -2.26. The molecule has 1 aliphatic heterocycles. The Labute approximate surface area is 137 Å². The smallest absolute Gasteiger partial charge is 0.331 e. The van der Waals surface area contributed by atoms with E-state index in [1.54, 1.807) is 17.0 Å². The molecule has 1 aromatic carbocycles. The summed E-state index contributed by atoms with van der Waals surface area (Å²) >= 11 is 3.23. The van der Waals surface area contributed by atoms with Gasteiger partial charge < -0.3 is 9.64 Å². The van der Waals surface area contributed by atoms with Crippen LogP contribution in [-0.2, 0) is 14.3 Å². The molecule has 2 rings (SSSR count). The third-order valence-corrected chi connectivity index (χ3v) is 3.90. The molecule has 0 saturated carbocycles. The Morgan fingerprint density at radius 3 is 2.73 bits per heavy atom. The Balaban J connectivity index is 1.83. The lowest BCUT2D eigenvalue weighted by molar-refractivity contribution is -0.148. The van der Waals surface area contributed by atoms with Gasteiger partial charge in [-0.3, -0.25) is 4.79 Å². The lowest BCUT2D eigenvalue weighted by atomic mass is 10.1. The second kappa shape index (κ2) is 8.08. The summed E-state index contributed by atoms with van der Waals surface area (Å²) in [5.74, 6) is -1.28. The van der Waals surface area contributed by atoms with E-state index in [9.17, 15) is 14.0 Å². The number of carbonyl (C=O) groups is 2. The van der Waals surface area contributed by atoms with Crippen LogP contribution in [0.2, 0.25) is 0 Å². The first-order valence-corrected chi connectivity index (χ1v) is 7.93. The third kappa shape index (κ3) is 4.94. The van der Waals surface area contributed by atoms with Gasteiger partial charge in [-0.05, 0) is 43.5 Å². The maximum absolute atomic E-state index is 13.5. The van der Waals surface area contributed by atoms with Crippen molar-refractivity contribution in [2.24, 2.45) is 0 Å². The van der Waals surface area contributed by atoms with Crippen LogP contribution in [0.15, 0.2) is 28.7 Å². The molecule has 0 atom stereocenters. The average Bonchev–Trinajstić information content (AvgIpc) is 2.54. The summed E-state index contributed by atoms with van der Waals surface area (Å²) in [6.45, 7) is 1.16. The predicted molar refractivity (Wildman–Crippen MR) is 84.5 cm³/mol. The summed E-state index contributed by atoms with van der Waals surface area (Å²) in [6.07, 6.45) is 5.55. The van der Waals surface area contributed by atoms with Gasteiger partial charge >= 0.3 is 5.97 Å². The minimum absolute atomic E-state index is 0.185. The molecule has 1 heterocycles. The molecule has 1 fully saturated rings. The van der Waals surface area contributed by atoms with Crippen LogP contribution in [0.5, 0.6) is 0 Å². The number of nitrogens with zero attached hydrogens (tertiary/aromatic N) is 1. The molecule has 0 aromatic heterocycles. The summed E-state index contributed by atoms with van der Waals surface area (Å²) in [5, 5.41) is 0. The van der Waals surface area contributed by atoms with Crippen LogP contribution in [0.25, 0.3) is 6.08 Å². The van der Waals surface area contributed by atoms with E-state index in [0.29, 0.717) is 4.47 Å². The number of ether oxygens (including phenoxy) is 1. The standard InChI is InChI=1S/C16H17BrFNO3/c17-13-5-6-14(18)12(10-13)4-7-16(21)22-11-15(20)19-8-2-1-3-9-19/h4-7,10H,1-3,8-9,11H2/b7-4+. The van der Waals surface area contributed by atoms with Gasteiger partial charge in [-0.1, -0.05) is 15.9 Å². The molecular weight excluding hydrogens is 353 g/mol. The number of hydrogen-bond donors (Lipinski definition) is 0. The van der Waals surface area contributed by atoms with Gasteiger partial charge in [-0.2, -0.15) is 0 Å². The number of hydrogen-bond acceptors (Lipinski definition) is 3. The number of piperidine rings is 1. The van der Waals surface area contributed by atoms with E-state index >= 15 is 0 Å². The van der Waals surface area contributed by atoms with Crippen LogP contribution >= 0.6 is 15.9 Å². The van der Waals surface area contributed by atoms with Gasteiger partial charge in [-0.15, -0.1) is 0 Å². The van der Waals surface area contributed by atoms with Crippen molar-refractivity contribution in [1.29, 1.82) is 0 Å². The summed E-state index contributed by atoms with van der Waals surface area (Å²) in [7, 11) is 0. The zero-order valence-electron chi connectivity index (χ0n) is 12.1. The minimum Gasteiger partial charge on any atom is -0.452 e. The highest BCUT2D eigenvalue weighted by Crippen LogP contribution is 2.16. The normalized spacial score (nSPS) is 15.1. The number of benzene rings is 1. The molecule has 1 amide bonds. The molecule has 0 bridgehead atoms. The van der Waals surface area contributed by atoms with Crippen molar-refractivity contribution >= 4 is 33.9 Å². The highest BCUT2D eigenvalue weighted by molar-refractivity contribution is 9.10. The van der Waals surface area contributed by atoms with Crippen molar-refractivity contribution in [3.8, 4) is 0 Å². The summed E-state index contributed by atoms with van der Waals surface area (Å²) in [6, 6.07) is 4.43. The van der Waals surface area contributed by atoms with Gasteiger partial charge in [-0.25, -0.2) is 9.18 Å². The Kier molecular flexibility index (Phi) is 6.12. The lowest BCUT2D eigenvalue weighted by Crippen LogP contribution is -2.38. The molecule has 22 heavy (non-hydrogen) atoms. The summed E-state index contributed by atoms with van der Waals surface area (Å²) < 4.78 is 19.1. The van der Waals surface area contributed by atoms with E-state index in [1.807, 2.05) is 0 Å². The average molecular weight is 370 g/mol. The fourth-order valence-corrected chi connectivity index (χ4v) is 2.59. The van der Waals surface area contributed by atoms with Crippen LogP contribution in [0, 0.1) is 5.82 Å². The number of likely N-dealkylation sites (tertiary alicyclic amines) is 1. The quantitative estimate of drug-likeness (QED) is 0.604. The number of carbonyl (C=O) groups excluding carboxylic acids is 2. The van der Waals surface area contributed by atoms with Gasteiger partial charge in [0.1, 0.15) is 5.82 Å². The third-order valence-electron chi connectivity index (χ3n) is 3.40. The van der Waals surface area contributed by atoms with Crippen LogP contribution in [0.4, 0.5) is 4.39 Å². The van der Waals surface area contributed by atoms with Gasteiger partial charge in [0, 0.05) is 29.2 Å². The van der Waals surface area contributed by atoms with E-state index in [1.165, 1.54) is 12.1 Å². The van der Waals surface area contributed by atoms with Gasteiger partial charge in [0.2, 0.25) is 0 Å². The SMILES string of the molecule is O=C(/C=C/c1cc(Br)ccc1F)OCC(=O)N1CCCCC1. The Morgan fingerprint density at radius 1 is 1.27 bits per heavy atom. The molecule has 1 saturated heterocycles. The van der Waals surface area contributed by atoms with Crippen molar-refractivity contribution < 1.29 is 18.7 Å². The molecule has 6 heteroatoms. The van der Waals surface area contributed by atoms with E-state index in [4.69, 9.17) is 4.74 Å². The second-order valence-corrected chi connectivity index (χ2v) is 5.96. The number of esters is 1. The fourth-order valence-electron chi connectivity index (χ4n) is 2.22. The predicted octanol–water partition coefficient (Wildman–Crippen LogP) is 3.16. The molecule has 4 nitrogen and oxygen atoms in total. The fraction of sp³-hybridized carbons (Fsp3) is 0.375. The molecule has 1 aromatic rings. The van der Waals surface area contributed by atoms with Crippen molar-refractivity contribution in [3.63, 3.8) is 0 Å².